The number of amidine groups is 1. The Balaban J connectivity index is 1.92. The summed E-state index contributed by atoms with van der Waals surface area (Å²) in [7, 11) is 3.37. The van der Waals surface area contributed by atoms with Crippen LogP contribution in [0.15, 0.2) is 11.2 Å². The maximum atomic E-state index is 13.1. The molecule has 142 valence electrons. The lowest BCUT2D eigenvalue weighted by atomic mass is 10.1. The van der Waals surface area contributed by atoms with Gasteiger partial charge in [0.1, 0.15) is 11.9 Å². The fourth-order valence-electron chi connectivity index (χ4n) is 3.47. The third kappa shape index (κ3) is 3.02. The number of aromatic nitrogens is 2. The van der Waals surface area contributed by atoms with Crippen LogP contribution in [0.4, 0.5) is 10.7 Å². The van der Waals surface area contributed by atoms with Crippen molar-refractivity contribution in [2.24, 2.45) is 10.9 Å². The van der Waals surface area contributed by atoms with Gasteiger partial charge in [-0.25, -0.2) is 13.9 Å². The molecule has 0 N–H and O–H groups in total. The topological polar surface area (TPSA) is 71.0 Å². The second-order valence-corrected chi connectivity index (χ2v) is 7.36. The SMILES string of the molecule is COCCCn1c(C)c[n+]2c1N=C1C2C(=O)N(CCC(C)C)C(=O)N1C. The zero-order chi connectivity index (χ0) is 19.0. The highest BCUT2D eigenvalue weighted by molar-refractivity contribution is 6.19. The number of amides is 3. The molecule has 0 aliphatic carbocycles. The van der Waals surface area contributed by atoms with Crippen molar-refractivity contribution in [2.45, 2.75) is 46.2 Å². The average molecular weight is 362 g/mol. The van der Waals surface area contributed by atoms with Crippen molar-refractivity contribution in [3.8, 4) is 0 Å². The van der Waals surface area contributed by atoms with Gasteiger partial charge in [-0.3, -0.25) is 14.6 Å². The molecule has 8 heteroatoms. The highest BCUT2D eigenvalue weighted by atomic mass is 16.5. The number of imide groups is 1. The Labute approximate surface area is 154 Å². The van der Waals surface area contributed by atoms with Gasteiger partial charge in [0.2, 0.25) is 11.9 Å². The van der Waals surface area contributed by atoms with Gasteiger partial charge < -0.3 is 4.74 Å². The molecule has 2 aliphatic rings. The van der Waals surface area contributed by atoms with Gasteiger partial charge in [0.25, 0.3) is 5.91 Å². The summed E-state index contributed by atoms with van der Waals surface area (Å²) in [5, 5.41) is 0. The van der Waals surface area contributed by atoms with Crippen molar-refractivity contribution < 1.29 is 18.9 Å². The van der Waals surface area contributed by atoms with E-state index in [2.05, 4.69) is 23.4 Å². The standard InChI is InChI=1S/C18H28N5O3/c1-12(2)7-9-22-16(24)14-15(20(4)18(22)25)19-17-21(8-6-10-26-5)13(3)11-23(14)17/h11-12,14H,6-10H2,1-5H3/q+1. The maximum absolute atomic E-state index is 13.1. The smallest absolute Gasteiger partial charge is 0.385 e. The van der Waals surface area contributed by atoms with Gasteiger partial charge in [0.05, 0.1) is 6.54 Å². The first-order chi connectivity index (χ1) is 12.4. The van der Waals surface area contributed by atoms with Gasteiger partial charge in [0.15, 0.2) is 0 Å². The van der Waals surface area contributed by atoms with Crippen LogP contribution in [0.25, 0.3) is 0 Å². The highest BCUT2D eigenvalue weighted by Gasteiger charge is 2.52. The Morgan fingerprint density at radius 3 is 2.69 bits per heavy atom. The van der Waals surface area contributed by atoms with Crippen LogP contribution in [0.3, 0.4) is 0 Å². The number of aryl methyl sites for hydroxylation is 1. The van der Waals surface area contributed by atoms with Crippen LogP contribution in [0.1, 0.15) is 38.4 Å². The molecule has 1 saturated heterocycles. The minimum absolute atomic E-state index is 0.190. The summed E-state index contributed by atoms with van der Waals surface area (Å²) in [6, 6.07) is -0.846. The first-order valence-corrected chi connectivity index (χ1v) is 9.14. The molecule has 26 heavy (non-hydrogen) atoms. The molecular formula is C18H28N5O3+. The summed E-state index contributed by atoms with van der Waals surface area (Å²) in [6.07, 6.45) is 3.60. The number of aliphatic imine (C=N–C) groups is 1. The van der Waals surface area contributed by atoms with Crippen LogP contribution in [0.5, 0.6) is 0 Å². The third-order valence-electron chi connectivity index (χ3n) is 4.98. The van der Waals surface area contributed by atoms with E-state index >= 15 is 0 Å². The second-order valence-electron chi connectivity index (χ2n) is 7.36. The molecule has 1 atom stereocenters. The minimum atomic E-state index is -0.553. The molecule has 1 unspecified atom stereocenters. The first-order valence-electron chi connectivity index (χ1n) is 9.14. The molecule has 3 rings (SSSR count). The largest absolute Gasteiger partial charge is 0.401 e. The van der Waals surface area contributed by atoms with E-state index in [1.165, 1.54) is 9.80 Å². The van der Waals surface area contributed by atoms with Gasteiger partial charge in [-0.05, 0) is 19.3 Å². The van der Waals surface area contributed by atoms with Gasteiger partial charge in [-0.15, -0.1) is 0 Å². The monoisotopic (exact) mass is 362 g/mol. The van der Waals surface area contributed by atoms with Crippen LogP contribution in [-0.2, 0) is 16.1 Å². The van der Waals surface area contributed by atoms with Crippen LogP contribution in [0, 0.1) is 12.8 Å². The number of carbonyl (C=O) groups is 2. The van der Waals surface area contributed by atoms with E-state index in [0.717, 1.165) is 31.0 Å². The summed E-state index contributed by atoms with van der Waals surface area (Å²) >= 11 is 0. The van der Waals surface area contributed by atoms with E-state index in [1.54, 1.807) is 14.2 Å². The van der Waals surface area contributed by atoms with Crippen molar-refractivity contribution >= 4 is 23.7 Å². The molecule has 0 saturated carbocycles. The van der Waals surface area contributed by atoms with E-state index in [4.69, 9.17) is 4.74 Å². The molecule has 2 aliphatic heterocycles. The van der Waals surface area contributed by atoms with Crippen molar-refractivity contribution in [1.29, 1.82) is 0 Å². The number of rotatable bonds is 7. The number of methoxy groups -OCH3 is 1. The Kier molecular flexibility index (Phi) is 5.13. The number of ether oxygens (including phenoxy) is 1. The highest BCUT2D eigenvalue weighted by Crippen LogP contribution is 2.29. The number of nitrogens with zero attached hydrogens (tertiary/aromatic N) is 5. The van der Waals surface area contributed by atoms with E-state index in [9.17, 15) is 9.59 Å². The fourth-order valence-corrected chi connectivity index (χ4v) is 3.47. The lowest BCUT2D eigenvalue weighted by Gasteiger charge is -2.33. The summed E-state index contributed by atoms with van der Waals surface area (Å²) in [6.45, 7) is 8.04. The summed E-state index contributed by atoms with van der Waals surface area (Å²) in [4.78, 5) is 33.2. The quantitative estimate of drug-likeness (QED) is 0.547. The van der Waals surface area contributed by atoms with Crippen molar-refractivity contribution in [3.63, 3.8) is 0 Å². The molecule has 1 fully saturated rings. The zero-order valence-electron chi connectivity index (χ0n) is 16.2. The molecule has 1 aromatic heterocycles. The summed E-state index contributed by atoms with van der Waals surface area (Å²) in [5.74, 6) is 1.46. The van der Waals surface area contributed by atoms with Crippen molar-refractivity contribution in [3.05, 3.63) is 11.9 Å². The van der Waals surface area contributed by atoms with Gasteiger partial charge in [0, 0.05) is 33.7 Å². The normalized spacial score (nSPS) is 19.3. The first kappa shape index (κ1) is 18.6. The molecule has 0 radical (unpaired) electrons. The molecule has 8 nitrogen and oxygen atoms in total. The van der Waals surface area contributed by atoms with Crippen LogP contribution >= 0.6 is 0 Å². The van der Waals surface area contributed by atoms with E-state index in [0.29, 0.717) is 24.9 Å². The molecule has 3 heterocycles. The Morgan fingerprint density at radius 1 is 1.31 bits per heavy atom. The van der Waals surface area contributed by atoms with Crippen molar-refractivity contribution in [1.82, 2.24) is 14.4 Å². The van der Waals surface area contributed by atoms with E-state index in [1.807, 2.05) is 17.7 Å². The Bertz CT molecular complexity index is 752. The van der Waals surface area contributed by atoms with E-state index in [-0.39, 0.29) is 11.9 Å². The zero-order valence-corrected chi connectivity index (χ0v) is 16.2. The second kappa shape index (κ2) is 7.19. The molecule has 0 bridgehead atoms. The molecule has 3 amide bonds. The summed E-state index contributed by atoms with van der Waals surface area (Å²) < 4.78 is 9.10. The molecular weight excluding hydrogens is 334 g/mol. The number of likely N-dealkylation sites (N-methyl/N-ethyl adjacent to an activating group) is 1. The van der Waals surface area contributed by atoms with Crippen LogP contribution in [-0.4, -0.2) is 59.4 Å². The Hall–Kier alpha value is -2.22. The van der Waals surface area contributed by atoms with Crippen LogP contribution < -0.4 is 4.57 Å². The predicted molar refractivity (Wildman–Crippen MR) is 96.3 cm³/mol. The number of imidazole rings is 1. The van der Waals surface area contributed by atoms with Gasteiger partial charge in [-0.2, -0.15) is 0 Å². The number of hydrogen-bond acceptors (Lipinski definition) is 4. The lowest BCUT2D eigenvalue weighted by Crippen LogP contribution is -2.62. The summed E-state index contributed by atoms with van der Waals surface area (Å²) in [5.41, 5.74) is 1.04. The minimum Gasteiger partial charge on any atom is -0.385 e. The van der Waals surface area contributed by atoms with Crippen LogP contribution in [0.2, 0.25) is 0 Å². The third-order valence-corrected chi connectivity index (χ3v) is 4.98. The number of carbonyl (C=O) groups excluding carboxylic acids is 2. The average Bonchev–Trinajstić information content (AvgIpc) is 3.09. The van der Waals surface area contributed by atoms with Gasteiger partial charge >= 0.3 is 12.0 Å². The predicted octanol–water partition coefficient (Wildman–Crippen LogP) is 1.65. The van der Waals surface area contributed by atoms with Crippen molar-refractivity contribution in [2.75, 3.05) is 27.3 Å². The number of urea groups is 1. The van der Waals surface area contributed by atoms with Gasteiger partial charge in [-0.1, -0.05) is 18.8 Å². The molecule has 0 spiro atoms. The Morgan fingerprint density at radius 2 is 2.04 bits per heavy atom. The number of fused-ring (bicyclic) bond motifs is 3. The fraction of sp³-hybridized carbons (Fsp3) is 0.667. The lowest BCUT2D eigenvalue weighted by molar-refractivity contribution is -0.677. The number of hydrogen-bond donors (Lipinski definition) is 0. The molecule has 0 aromatic carbocycles. The van der Waals surface area contributed by atoms with E-state index < -0.39 is 6.04 Å². The maximum Gasteiger partial charge on any atom is 0.401 e. The molecule has 1 aromatic rings.